The minimum Gasteiger partial charge on any atom is -0.469 e. The van der Waals surface area contributed by atoms with Gasteiger partial charge in [-0.05, 0) is 18.6 Å². The van der Waals surface area contributed by atoms with Gasteiger partial charge in [0, 0.05) is 5.56 Å². The summed E-state index contributed by atoms with van der Waals surface area (Å²) in [7, 11) is 0. The molecule has 0 atom stereocenters. The summed E-state index contributed by atoms with van der Waals surface area (Å²) in [6.45, 7) is 1.97. The summed E-state index contributed by atoms with van der Waals surface area (Å²) in [6.07, 6.45) is 1.72. The average Bonchev–Trinajstić information content (AvgIpc) is 2.53. The van der Waals surface area contributed by atoms with Gasteiger partial charge in [-0.3, -0.25) is 0 Å². The Morgan fingerprint density at radius 1 is 1.00 bits per heavy atom. The number of furan rings is 1. The Bertz CT molecular complexity index is 360. The van der Waals surface area contributed by atoms with Crippen molar-refractivity contribution in [1.29, 1.82) is 0 Å². The number of aryl methyl sites for hydroxylation is 1. The summed E-state index contributed by atoms with van der Waals surface area (Å²) in [5.41, 5.74) is 2.39. The molecule has 0 N–H and O–H groups in total. The van der Waals surface area contributed by atoms with Gasteiger partial charge in [0.1, 0.15) is 5.76 Å². The highest BCUT2D eigenvalue weighted by Crippen LogP contribution is 2.23. The molecule has 1 nitrogen and oxygen atoms in total. The average molecular weight is 158 g/mol. The van der Waals surface area contributed by atoms with Crippen molar-refractivity contribution in [2.45, 2.75) is 6.92 Å². The first-order chi connectivity index (χ1) is 5.88. The van der Waals surface area contributed by atoms with E-state index in [9.17, 15) is 0 Å². The molecule has 0 saturated carbocycles. The molecule has 12 heavy (non-hydrogen) atoms. The van der Waals surface area contributed by atoms with Crippen LogP contribution in [-0.4, -0.2) is 0 Å². The number of hydrogen-bond acceptors (Lipinski definition) is 1. The Morgan fingerprint density at radius 2 is 1.75 bits per heavy atom. The summed E-state index contributed by atoms with van der Waals surface area (Å²) in [5.74, 6) is 0.973. The molecule has 1 aromatic heterocycles. The molecule has 60 valence electrons. The highest BCUT2D eigenvalue weighted by atomic mass is 16.3. The molecule has 0 fully saturated rings. The molecule has 2 aromatic rings. The van der Waals surface area contributed by atoms with Crippen LogP contribution in [0, 0.1) is 6.92 Å². The lowest BCUT2D eigenvalue weighted by Crippen LogP contribution is -1.74. The zero-order valence-electron chi connectivity index (χ0n) is 6.95. The molecular weight excluding hydrogens is 148 g/mol. The summed E-state index contributed by atoms with van der Waals surface area (Å²) in [4.78, 5) is 0. The molecule has 0 radical (unpaired) electrons. The van der Waals surface area contributed by atoms with Crippen LogP contribution in [0.4, 0.5) is 0 Å². The maximum atomic E-state index is 5.22. The molecule has 1 heteroatoms. The highest BCUT2D eigenvalue weighted by molar-refractivity contribution is 5.64. The largest absolute Gasteiger partial charge is 0.469 e. The molecule has 2 rings (SSSR count). The Labute approximate surface area is 71.6 Å². The Morgan fingerprint density at radius 3 is 2.33 bits per heavy atom. The minimum absolute atomic E-state index is 0.973. The van der Waals surface area contributed by atoms with Crippen LogP contribution < -0.4 is 0 Å². The van der Waals surface area contributed by atoms with Crippen LogP contribution in [0.5, 0.6) is 0 Å². The Kier molecular flexibility index (Phi) is 1.71. The van der Waals surface area contributed by atoms with Gasteiger partial charge in [0.05, 0.1) is 6.26 Å². The van der Waals surface area contributed by atoms with Crippen molar-refractivity contribution in [2.24, 2.45) is 0 Å². The van der Waals surface area contributed by atoms with Crippen LogP contribution in [0.2, 0.25) is 0 Å². The van der Waals surface area contributed by atoms with Crippen molar-refractivity contribution in [3.05, 3.63) is 48.4 Å². The monoisotopic (exact) mass is 158 g/mol. The summed E-state index contributed by atoms with van der Waals surface area (Å²) < 4.78 is 5.22. The van der Waals surface area contributed by atoms with Gasteiger partial charge in [-0.15, -0.1) is 0 Å². The van der Waals surface area contributed by atoms with E-state index in [1.54, 1.807) is 6.26 Å². The second-order valence-electron chi connectivity index (χ2n) is 2.76. The topological polar surface area (TPSA) is 13.1 Å². The fraction of sp³-hybridized carbons (Fsp3) is 0.0909. The minimum atomic E-state index is 0.973. The summed E-state index contributed by atoms with van der Waals surface area (Å²) >= 11 is 0. The fourth-order valence-corrected chi connectivity index (χ4v) is 1.30. The normalized spacial score (nSPS) is 10.1. The molecule has 0 saturated heterocycles. The van der Waals surface area contributed by atoms with E-state index in [1.165, 1.54) is 11.1 Å². The Balaban J connectivity index is 2.51. The first kappa shape index (κ1) is 7.17. The highest BCUT2D eigenvalue weighted by Gasteiger charge is 2.01. The van der Waals surface area contributed by atoms with E-state index in [0.29, 0.717) is 0 Å². The van der Waals surface area contributed by atoms with Gasteiger partial charge in [0.25, 0.3) is 0 Å². The van der Waals surface area contributed by atoms with E-state index in [4.69, 9.17) is 4.42 Å². The molecule has 0 amide bonds. The SMILES string of the molecule is Cc1occc1-c1ccccc1. The lowest BCUT2D eigenvalue weighted by molar-refractivity contribution is 0.535. The van der Waals surface area contributed by atoms with E-state index in [0.717, 1.165) is 5.76 Å². The van der Waals surface area contributed by atoms with Crippen LogP contribution in [0.1, 0.15) is 5.76 Å². The zero-order chi connectivity index (χ0) is 8.39. The van der Waals surface area contributed by atoms with Crippen molar-refractivity contribution < 1.29 is 4.42 Å². The van der Waals surface area contributed by atoms with Gasteiger partial charge in [-0.25, -0.2) is 0 Å². The van der Waals surface area contributed by atoms with Crippen LogP contribution >= 0.6 is 0 Å². The predicted molar refractivity (Wildman–Crippen MR) is 48.9 cm³/mol. The quantitative estimate of drug-likeness (QED) is 0.620. The molecular formula is C11H10O. The van der Waals surface area contributed by atoms with Gasteiger partial charge in [-0.1, -0.05) is 30.3 Å². The predicted octanol–water partition coefficient (Wildman–Crippen LogP) is 3.26. The van der Waals surface area contributed by atoms with Crippen LogP contribution in [0.3, 0.4) is 0 Å². The third kappa shape index (κ3) is 1.14. The van der Waals surface area contributed by atoms with Gasteiger partial charge in [0.2, 0.25) is 0 Å². The van der Waals surface area contributed by atoms with Crippen molar-refractivity contribution in [2.75, 3.05) is 0 Å². The van der Waals surface area contributed by atoms with Crippen LogP contribution in [0.25, 0.3) is 11.1 Å². The zero-order valence-corrected chi connectivity index (χ0v) is 6.95. The lowest BCUT2D eigenvalue weighted by Gasteiger charge is -1.96. The van der Waals surface area contributed by atoms with Crippen molar-refractivity contribution in [1.82, 2.24) is 0 Å². The third-order valence-electron chi connectivity index (χ3n) is 1.94. The molecule has 0 unspecified atom stereocenters. The van der Waals surface area contributed by atoms with E-state index in [2.05, 4.69) is 12.1 Å². The van der Waals surface area contributed by atoms with Gasteiger partial charge in [0.15, 0.2) is 0 Å². The smallest absolute Gasteiger partial charge is 0.108 e. The van der Waals surface area contributed by atoms with E-state index < -0.39 is 0 Å². The third-order valence-corrected chi connectivity index (χ3v) is 1.94. The Hall–Kier alpha value is -1.50. The number of benzene rings is 1. The first-order valence-electron chi connectivity index (χ1n) is 3.97. The van der Waals surface area contributed by atoms with Crippen molar-refractivity contribution in [3.8, 4) is 11.1 Å². The van der Waals surface area contributed by atoms with Gasteiger partial charge < -0.3 is 4.42 Å². The first-order valence-corrected chi connectivity index (χ1v) is 3.97. The van der Waals surface area contributed by atoms with Crippen molar-refractivity contribution >= 4 is 0 Å². The second kappa shape index (κ2) is 2.86. The van der Waals surface area contributed by atoms with Crippen LogP contribution in [-0.2, 0) is 0 Å². The van der Waals surface area contributed by atoms with Gasteiger partial charge in [-0.2, -0.15) is 0 Å². The molecule has 0 spiro atoms. The van der Waals surface area contributed by atoms with Gasteiger partial charge >= 0.3 is 0 Å². The maximum absolute atomic E-state index is 5.22. The molecule has 1 heterocycles. The number of rotatable bonds is 1. The van der Waals surface area contributed by atoms with E-state index in [-0.39, 0.29) is 0 Å². The molecule has 0 aliphatic heterocycles. The maximum Gasteiger partial charge on any atom is 0.108 e. The van der Waals surface area contributed by atoms with Crippen LogP contribution in [0.15, 0.2) is 47.1 Å². The molecule has 0 aliphatic rings. The summed E-state index contributed by atoms with van der Waals surface area (Å²) in [5, 5.41) is 0. The molecule has 0 aliphatic carbocycles. The number of hydrogen-bond donors (Lipinski definition) is 0. The van der Waals surface area contributed by atoms with E-state index in [1.807, 2.05) is 31.2 Å². The van der Waals surface area contributed by atoms with E-state index >= 15 is 0 Å². The standard InChI is InChI=1S/C11H10O/c1-9-11(7-8-12-9)10-5-3-2-4-6-10/h2-8H,1H3. The molecule has 1 aromatic carbocycles. The molecule has 0 bridgehead atoms. The van der Waals surface area contributed by atoms with Crippen molar-refractivity contribution in [3.63, 3.8) is 0 Å². The summed E-state index contributed by atoms with van der Waals surface area (Å²) in [6, 6.07) is 12.2. The lowest BCUT2D eigenvalue weighted by atomic mass is 10.1. The second-order valence-corrected chi connectivity index (χ2v) is 2.76. The fourth-order valence-electron chi connectivity index (χ4n) is 1.30.